The third kappa shape index (κ3) is 3.23. The van der Waals surface area contributed by atoms with Crippen LogP contribution in [0.2, 0.25) is 0 Å². The summed E-state index contributed by atoms with van der Waals surface area (Å²) in [4.78, 5) is 13.9. The van der Waals surface area contributed by atoms with E-state index in [9.17, 15) is 9.18 Å². The monoisotopic (exact) mass is 325 g/mol. The highest BCUT2D eigenvalue weighted by Gasteiger charge is 2.19. The fraction of sp³-hybridized carbons (Fsp3) is 0.214. The van der Waals surface area contributed by atoms with E-state index >= 15 is 0 Å². The van der Waals surface area contributed by atoms with Crippen molar-refractivity contribution in [3.8, 4) is 0 Å². The molecule has 2 rings (SSSR count). The zero-order chi connectivity index (χ0) is 13.8. The second-order valence-electron chi connectivity index (χ2n) is 4.06. The Kier molecular flexibility index (Phi) is 4.37. The third-order valence-electron chi connectivity index (χ3n) is 2.78. The van der Waals surface area contributed by atoms with Crippen molar-refractivity contribution in [3.63, 3.8) is 0 Å². The van der Waals surface area contributed by atoms with Crippen molar-refractivity contribution in [2.24, 2.45) is 0 Å². The van der Waals surface area contributed by atoms with Gasteiger partial charge in [-0.1, -0.05) is 12.1 Å². The molecule has 0 saturated heterocycles. The first-order valence-electron chi connectivity index (χ1n) is 5.88. The van der Waals surface area contributed by atoms with Gasteiger partial charge in [-0.15, -0.1) is 0 Å². The fourth-order valence-corrected chi connectivity index (χ4v) is 2.21. The largest absolute Gasteiger partial charge is 0.457 e. The smallest absolute Gasteiger partial charge is 0.258 e. The Hall–Kier alpha value is -1.62. The van der Waals surface area contributed by atoms with Crippen molar-refractivity contribution in [2.75, 3.05) is 6.54 Å². The van der Waals surface area contributed by atoms with Crippen molar-refractivity contribution in [1.82, 2.24) is 4.90 Å². The maximum Gasteiger partial charge on any atom is 0.258 e. The van der Waals surface area contributed by atoms with Crippen molar-refractivity contribution in [1.29, 1.82) is 0 Å². The molecule has 0 fully saturated rings. The molecule has 0 radical (unpaired) electrons. The molecule has 0 unspecified atom stereocenters. The molecule has 0 aliphatic rings. The maximum absolute atomic E-state index is 13.1. The minimum absolute atomic E-state index is 0.146. The fourth-order valence-electron chi connectivity index (χ4n) is 1.80. The van der Waals surface area contributed by atoms with Crippen LogP contribution in [0, 0.1) is 5.82 Å². The van der Waals surface area contributed by atoms with Gasteiger partial charge >= 0.3 is 0 Å². The molecular weight excluding hydrogens is 313 g/mol. The first-order valence-corrected chi connectivity index (χ1v) is 6.68. The molecular formula is C14H13BrFNO2. The quantitative estimate of drug-likeness (QED) is 0.855. The van der Waals surface area contributed by atoms with Crippen molar-refractivity contribution in [3.05, 3.63) is 58.2 Å². The van der Waals surface area contributed by atoms with Gasteiger partial charge in [0.25, 0.3) is 5.91 Å². The average molecular weight is 326 g/mol. The van der Waals surface area contributed by atoms with Crippen molar-refractivity contribution >= 4 is 21.8 Å². The molecule has 1 aromatic carbocycles. The molecule has 0 atom stereocenters. The van der Waals surface area contributed by atoms with Gasteiger partial charge in [0.1, 0.15) is 5.82 Å². The Bertz CT molecular complexity index is 582. The highest BCUT2D eigenvalue weighted by molar-refractivity contribution is 9.10. The Labute approximate surface area is 119 Å². The number of carbonyl (C=O) groups excluding carboxylic acids is 1. The van der Waals surface area contributed by atoms with Gasteiger partial charge in [-0.3, -0.25) is 4.79 Å². The van der Waals surface area contributed by atoms with Crippen LogP contribution in [0.3, 0.4) is 0 Å². The van der Waals surface area contributed by atoms with E-state index < -0.39 is 0 Å². The molecule has 2 aromatic rings. The van der Waals surface area contributed by atoms with Crippen LogP contribution in [0.25, 0.3) is 0 Å². The molecule has 100 valence electrons. The summed E-state index contributed by atoms with van der Waals surface area (Å²) < 4.78 is 18.6. The maximum atomic E-state index is 13.1. The van der Waals surface area contributed by atoms with Gasteiger partial charge in [0.2, 0.25) is 0 Å². The van der Waals surface area contributed by atoms with Crippen LogP contribution in [-0.2, 0) is 6.54 Å². The van der Waals surface area contributed by atoms with Crippen LogP contribution in [0.15, 0.2) is 45.7 Å². The lowest BCUT2D eigenvalue weighted by Crippen LogP contribution is -2.30. The number of rotatable bonds is 4. The molecule has 0 N–H and O–H groups in total. The lowest BCUT2D eigenvalue weighted by atomic mass is 10.2. The number of benzene rings is 1. The molecule has 0 spiro atoms. The van der Waals surface area contributed by atoms with E-state index in [-0.39, 0.29) is 11.7 Å². The Morgan fingerprint density at radius 2 is 2.21 bits per heavy atom. The molecule has 5 heteroatoms. The van der Waals surface area contributed by atoms with Gasteiger partial charge in [-0.25, -0.2) is 4.39 Å². The second-order valence-corrected chi connectivity index (χ2v) is 4.78. The summed E-state index contributed by atoms with van der Waals surface area (Å²) >= 11 is 3.19. The predicted octanol–water partition coefficient (Wildman–Crippen LogP) is 3.84. The van der Waals surface area contributed by atoms with E-state index in [1.54, 1.807) is 23.1 Å². The van der Waals surface area contributed by atoms with E-state index in [0.717, 1.165) is 5.56 Å². The molecule has 0 bridgehead atoms. The summed E-state index contributed by atoms with van der Waals surface area (Å²) in [6, 6.07) is 7.86. The minimum atomic E-state index is -0.300. The number of halogens is 2. The van der Waals surface area contributed by atoms with Crippen LogP contribution in [-0.4, -0.2) is 17.4 Å². The molecule has 0 saturated carbocycles. The summed E-state index contributed by atoms with van der Waals surface area (Å²) in [7, 11) is 0. The lowest BCUT2D eigenvalue weighted by molar-refractivity contribution is 0.0750. The Morgan fingerprint density at radius 3 is 2.79 bits per heavy atom. The van der Waals surface area contributed by atoms with Crippen LogP contribution in [0.5, 0.6) is 0 Å². The molecule has 1 heterocycles. The van der Waals surface area contributed by atoms with E-state index in [0.29, 0.717) is 23.3 Å². The number of hydrogen-bond donors (Lipinski definition) is 0. The number of carbonyl (C=O) groups is 1. The molecule has 0 aliphatic heterocycles. The van der Waals surface area contributed by atoms with E-state index in [1.807, 2.05) is 6.92 Å². The minimum Gasteiger partial charge on any atom is -0.457 e. The zero-order valence-corrected chi connectivity index (χ0v) is 12.0. The normalized spacial score (nSPS) is 10.5. The van der Waals surface area contributed by atoms with Crippen LogP contribution >= 0.6 is 15.9 Å². The number of nitrogens with zero attached hydrogens (tertiary/aromatic N) is 1. The third-order valence-corrected chi connectivity index (χ3v) is 3.39. The number of furan rings is 1. The van der Waals surface area contributed by atoms with Crippen LogP contribution < -0.4 is 0 Å². The highest BCUT2D eigenvalue weighted by Crippen LogP contribution is 2.20. The van der Waals surface area contributed by atoms with Crippen molar-refractivity contribution < 1.29 is 13.6 Å². The summed E-state index contributed by atoms with van der Waals surface area (Å²) in [6.07, 6.45) is 1.45. The number of hydrogen-bond acceptors (Lipinski definition) is 2. The van der Waals surface area contributed by atoms with Gasteiger partial charge in [0.05, 0.1) is 11.8 Å². The van der Waals surface area contributed by atoms with Gasteiger partial charge in [-0.2, -0.15) is 0 Å². The highest BCUT2D eigenvalue weighted by atomic mass is 79.9. The average Bonchev–Trinajstić information content (AvgIpc) is 2.81. The summed E-state index contributed by atoms with van der Waals surface area (Å²) in [5.41, 5.74) is 1.23. The van der Waals surface area contributed by atoms with E-state index in [4.69, 9.17) is 4.42 Å². The topological polar surface area (TPSA) is 33.5 Å². The standard InChI is InChI=1S/C14H13BrFNO2/c1-2-17(9-10-4-3-5-11(16)8-10)14(18)12-6-7-19-13(12)15/h3-8H,2,9H2,1H3. The second kappa shape index (κ2) is 6.02. The SMILES string of the molecule is CCN(Cc1cccc(F)c1)C(=O)c1ccoc1Br. The Morgan fingerprint density at radius 1 is 1.42 bits per heavy atom. The molecule has 19 heavy (non-hydrogen) atoms. The molecule has 3 nitrogen and oxygen atoms in total. The van der Waals surface area contributed by atoms with Gasteiger partial charge in [0.15, 0.2) is 4.67 Å². The molecule has 1 aromatic heterocycles. The first kappa shape index (κ1) is 13.8. The van der Waals surface area contributed by atoms with Gasteiger partial charge < -0.3 is 9.32 Å². The number of amides is 1. The predicted molar refractivity (Wildman–Crippen MR) is 73.2 cm³/mol. The summed E-state index contributed by atoms with van der Waals surface area (Å²) in [5, 5.41) is 0. The van der Waals surface area contributed by atoms with E-state index in [2.05, 4.69) is 15.9 Å². The molecule has 1 amide bonds. The van der Waals surface area contributed by atoms with Crippen molar-refractivity contribution in [2.45, 2.75) is 13.5 Å². The zero-order valence-electron chi connectivity index (χ0n) is 10.4. The van der Waals surface area contributed by atoms with Gasteiger partial charge in [-0.05, 0) is 46.6 Å². The molecule has 0 aliphatic carbocycles. The van der Waals surface area contributed by atoms with Gasteiger partial charge in [0, 0.05) is 13.1 Å². The Balaban J connectivity index is 2.17. The first-order chi connectivity index (χ1) is 9.11. The van der Waals surface area contributed by atoms with Crippen LogP contribution in [0.1, 0.15) is 22.8 Å². The summed E-state index contributed by atoms with van der Waals surface area (Å²) in [5.74, 6) is -0.446. The summed E-state index contributed by atoms with van der Waals surface area (Å²) in [6.45, 7) is 2.78. The van der Waals surface area contributed by atoms with Crippen LogP contribution in [0.4, 0.5) is 4.39 Å². The lowest BCUT2D eigenvalue weighted by Gasteiger charge is -2.20. The van der Waals surface area contributed by atoms with E-state index in [1.165, 1.54) is 18.4 Å².